The number of thiophene rings is 1. The van der Waals surface area contributed by atoms with E-state index in [1.165, 1.54) is 29.5 Å². The van der Waals surface area contributed by atoms with Gasteiger partial charge in [-0.25, -0.2) is 4.98 Å². The van der Waals surface area contributed by atoms with Crippen molar-refractivity contribution < 1.29 is 18.0 Å². The fraction of sp³-hybridized carbons (Fsp3) is 0.409. The minimum absolute atomic E-state index is 0.156. The van der Waals surface area contributed by atoms with Crippen LogP contribution in [0.4, 0.5) is 18.9 Å². The number of alkyl halides is 3. The average Bonchev–Trinajstić information content (AvgIpc) is 3.15. The predicted molar refractivity (Wildman–Crippen MR) is 124 cm³/mol. The maximum atomic E-state index is 13.2. The molecule has 0 aliphatic carbocycles. The first-order valence-electron chi connectivity index (χ1n) is 10.2. The van der Waals surface area contributed by atoms with Gasteiger partial charge < -0.3 is 5.32 Å². The van der Waals surface area contributed by atoms with Crippen molar-refractivity contribution in [2.24, 2.45) is 5.92 Å². The summed E-state index contributed by atoms with van der Waals surface area (Å²) in [5, 5.41) is 3.28. The van der Waals surface area contributed by atoms with Crippen LogP contribution in [0.25, 0.3) is 10.2 Å². The van der Waals surface area contributed by atoms with Gasteiger partial charge in [0.2, 0.25) is 5.91 Å². The Morgan fingerprint density at radius 1 is 1.28 bits per heavy atom. The van der Waals surface area contributed by atoms with Gasteiger partial charge in [-0.15, -0.1) is 11.3 Å². The van der Waals surface area contributed by atoms with Gasteiger partial charge in [-0.3, -0.25) is 14.2 Å². The molecule has 0 aliphatic heterocycles. The number of halogens is 3. The van der Waals surface area contributed by atoms with Gasteiger partial charge in [0.25, 0.3) is 5.56 Å². The van der Waals surface area contributed by atoms with Crippen molar-refractivity contribution in [1.82, 2.24) is 9.55 Å². The first-order chi connectivity index (χ1) is 15.1. The molecule has 0 atom stereocenters. The Kier molecular flexibility index (Phi) is 7.66. The summed E-state index contributed by atoms with van der Waals surface area (Å²) >= 11 is 2.49. The van der Waals surface area contributed by atoms with Crippen LogP contribution in [0, 0.1) is 5.92 Å². The number of thioether (sulfide) groups is 1. The lowest BCUT2D eigenvalue weighted by Gasteiger charge is -2.15. The molecule has 3 aromatic rings. The highest BCUT2D eigenvalue weighted by Crippen LogP contribution is 2.34. The number of hydrogen-bond acceptors (Lipinski definition) is 5. The maximum absolute atomic E-state index is 13.2. The molecule has 1 aromatic carbocycles. The molecule has 0 bridgehead atoms. The summed E-state index contributed by atoms with van der Waals surface area (Å²) in [4.78, 5) is 31.8. The van der Waals surface area contributed by atoms with Gasteiger partial charge in [-0.2, -0.15) is 13.2 Å². The molecule has 1 N–H and O–H groups in total. The molecule has 5 nitrogen and oxygen atoms in total. The van der Waals surface area contributed by atoms with E-state index >= 15 is 0 Å². The summed E-state index contributed by atoms with van der Waals surface area (Å²) < 4.78 is 41.1. The lowest BCUT2D eigenvalue weighted by molar-refractivity contribution is -0.137. The number of nitrogens with zero attached hydrogens (tertiary/aromatic N) is 2. The molecule has 0 saturated carbocycles. The van der Waals surface area contributed by atoms with Crippen molar-refractivity contribution >= 4 is 44.9 Å². The number of para-hydroxylation sites is 1. The second-order valence-electron chi connectivity index (χ2n) is 7.70. The van der Waals surface area contributed by atoms with Crippen LogP contribution in [-0.2, 0) is 23.9 Å². The number of carbonyl (C=O) groups excluding carboxylic acids is 1. The minimum atomic E-state index is -4.57. The summed E-state index contributed by atoms with van der Waals surface area (Å²) in [5.74, 6) is -0.402. The molecule has 0 radical (unpaired) electrons. The van der Waals surface area contributed by atoms with E-state index in [0.29, 0.717) is 27.8 Å². The van der Waals surface area contributed by atoms with Gasteiger partial charge >= 0.3 is 6.18 Å². The van der Waals surface area contributed by atoms with E-state index < -0.39 is 17.6 Å². The lowest BCUT2D eigenvalue weighted by Crippen LogP contribution is -2.24. The molecule has 172 valence electrons. The number of rotatable bonds is 8. The van der Waals surface area contributed by atoms with Gasteiger partial charge in [-0.05, 0) is 37.0 Å². The highest BCUT2D eigenvalue weighted by atomic mass is 32.2. The van der Waals surface area contributed by atoms with Crippen LogP contribution < -0.4 is 10.9 Å². The Labute approximate surface area is 192 Å². The number of benzene rings is 1. The molecule has 2 aromatic heterocycles. The van der Waals surface area contributed by atoms with Crippen LogP contribution >= 0.6 is 23.1 Å². The molecule has 3 rings (SSSR count). The zero-order chi connectivity index (χ0) is 23.5. The molecule has 10 heteroatoms. The van der Waals surface area contributed by atoms with E-state index in [0.717, 1.165) is 35.5 Å². The van der Waals surface area contributed by atoms with Crippen molar-refractivity contribution in [3.63, 3.8) is 0 Å². The standard InChI is InChI=1S/C22H24F3N3O2S2/c1-4-14-11-15-19(32-14)27-21(28(20(15)30)10-9-13(2)3)31-12-18(29)26-17-8-6-5-7-16(17)22(23,24)25/h5-8,11,13H,4,9-10,12H2,1-3H3,(H,26,29). The second-order valence-corrected chi connectivity index (χ2v) is 9.76. The summed E-state index contributed by atoms with van der Waals surface area (Å²) in [5.41, 5.74) is -1.36. The number of amides is 1. The highest BCUT2D eigenvalue weighted by Gasteiger charge is 2.33. The number of anilines is 1. The average molecular weight is 484 g/mol. The summed E-state index contributed by atoms with van der Waals surface area (Å²) in [6.07, 6.45) is -3.02. The maximum Gasteiger partial charge on any atom is 0.418 e. The van der Waals surface area contributed by atoms with Crippen molar-refractivity contribution in [3.8, 4) is 0 Å². The molecular formula is C22H24F3N3O2S2. The number of hydrogen-bond donors (Lipinski definition) is 1. The summed E-state index contributed by atoms with van der Waals surface area (Å²) in [6, 6.07) is 6.69. The summed E-state index contributed by atoms with van der Waals surface area (Å²) in [6.45, 7) is 6.56. The van der Waals surface area contributed by atoms with Gasteiger partial charge in [0.05, 0.1) is 22.4 Å². The van der Waals surface area contributed by atoms with Crippen molar-refractivity contribution in [2.45, 2.75) is 51.5 Å². The quantitative estimate of drug-likeness (QED) is 0.324. The monoisotopic (exact) mass is 483 g/mol. The normalized spacial score (nSPS) is 12.0. The Balaban J connectivity index is 1.84. The molecular weight excluding hydrogens is 459 g/mol. The number of aromatic nitrogens is 2. The van der Waals surface area contributed by atoms with E-state index in [1.54, 1.807) is 4.57 Å². The summed E-state index contributed by atoms with van der Waals surface area (Å²) in [7, 11) is 0. The molecule has 2 heterocycles. The third-order valence-corrected chi connectivity index (χ3v) is 6.93. The van der Waals surface area contributed by atoms with E-state index in [2.05, 4.69) is 24.1 Å². The third-order valence-electron chi connectivity index (χ3n) is 4.78. The minimum Gasteiger partial charge on any atom is -0.325 e. The van der Waals surface area contributed by atoms with Crippen LogP contribution in [0.3, 0.4) is 0 Å². The topological polar surface area (TPSA) is 64.0 Å². The Morgan fingerprint density at radius 3 is 2.66 bits per heavy atom. The van der Waals surface area contributed by atoms with Gasteiger partial charge in [0.1, 0.15) is 4.83 Å². The lowest BCUT2D eigenvalue weighted by atomic mass is 10.1. The smallest absolute Gasteiger partial charge is 0.325 e. The Hall–Kier alpha value is -2.33. The van der Waals surface area contributed by atoms with Crippen molar-refractivity contribution in [1.29, 1.82) is 0 Å². The van der Waals surface area contributed by atoms with Gasteiger partial charge in [-0.1, -0.05) is 44.7 Å². The van der Waals surface area contributed by atoms with Gasteiger partial charge in [0, 0.05) is 11.4 Å². The van der Waals surface area contributed by atoms with Crippen LogP contribution in [-0.4, -0.2) is 21.2 Å². The largest absolute Gasteiger partial charge is 0.418 e. The fourth-order valence-electron chi connectivity index (χ4n) is 3.07. The highest BCUT2D eigenvalue weighted by molar-refractivity contribution is 7.99. The number of nitrogens with one attached hydrogen (secondary N) is 1. The molecule has 0 aliphatic rings. The van der Waals surface area contributed by atoms with Crippen LogP contribution in [0.2, 0.25) is 0 Å². The Bertz CT molecular complexity index is 1170. The molecule has 0 fully saturated rings. The number of aryl methyl sites for hydroxylation is 1. The molecule has 0 saturated heterocycles. The van der Waals surface area contributed by atoms with E-state index in [9.17, 15) is 22.8 Å². The zero-order valence-electron chi connectivity index (χ0n) is 18.0. The number of fused-ring (bicyclic) bond motifs is 1. The molecule has 0 unspecified atom stereocenters. The molecule has 1 amide bonds. The van der Waals surface area contributed by atoms with Crippen LogP contribution in [0.5, 0.6) is 0 Å². The Morgan fingerprint density at radius 2 is 2.00 bits per heavy atom. The van der Waals surface area contributed by atoms with E-state index in [4.69, 9.17) is 0 Å². The van der Waals surface area contributed by atoms with Crippen LogP contribution in [0.1, 0.15) is 37.6 Å². The van der Waals surface area contributed by atoms with Crippen molar-refractivity contribution in [2.75, 3.05) is 11.1 Å². The fourth-order valence-corrected chi connectivity index (χ4v) is 4.91. The predicted octanol–water partition coefficient (Wildman–Crippen LogP) is 5.82. The first-order valence-corrected chi connectivity index (χ1v) is 12.0. The van der Waals surface area contributed by atoms with E-state index in [-0.39, 0.29) is 17.0 Å². The zero-order valence-corrected chi connectivity index (χ0v) is 19.6. The molecule has 32 heavy (non-hydrogen) atoms. The number of carbonyl (C=O) groups is 1. The van der Waals surface area contributed by atoms with Crippen molar-refractivity contribution in [3.05, 3.63) is 51.1 Å². The second kappa shape index (κ2) is 10.1. The molecule has 0 spiro atoms. The van der Waals surface area contributed by atoms with Crippen LogP contribution in [0.15, 0.2) is 40.3 Å². The third kappa shape index (κ3) is 5.72. The first kappa shape index (κ1) is 24.3. The SMILES string of the molecule is CCc1cc2c(=O)n(CCC(C)C)c(SCC(=O)Nc3ccccc3C(F)(F)F)nc2s1. The van der Waals surface area contributed by atoms with Gasteiger partial charge in [0.15, 0.2) is 5.16 Å². The van der Waals surface area contributed by atoms with E-state index in [1.807, 2.05) is 13.0 Å².